The molecule has 9 heteroatoms. The number of carbonyl (C=O) groups is 1. The zero-order valence-corrected chi connectivity index (χ0v) is 14.8. The molecule has 1 aromatic carbocycles. The van der Waals surface area contributed by atoms with E-state index in [4.69, 9.17) is 4.52 Å². The first-order chi connectivity index (χ1) is 12.5. The Morgan fingerprint density at radius 2 is 2.00 bits per heavy atom. The molecule has 26 heavy (non-hydrogen) atoms. The highest BCUT2D eigenvalue weighted by atomic mass is 32.2. The predicted molar refractivity (Wildman–Crippen MR) is 90.5 cm³/mol. The molecule has 1 fully saturated rings. The van der Waals surface area contributed by atoms with Gasteiger partial charge in [-0.25, -0.2) is 12.8 Å². The molecule has 1 aliphatic carbocycles. The van der Waals surface area contributed by atoms with Crippen LogP contribution in [-0.2, 0) is 27.7 Å². The third kappa shape index (κ3) is 2.90. The molecule has 2 aromatic rings. The van der Waals surface area contributed by atoms with E-state index in [0.29, 0.717) is 18.7 Å². The zero-order valence-electron chi connectivity index (χ0n) is 13.9. The minimum atomic E-state index is -3.88. The van der Waals surface area contributed by atoms with Crippen molar-refractivity contribution in [1.29, 1.82) is 0 Å². The molecule has 0 bridgehead atoms. The summed E-state index contributed by atoms with van der Waals surface area (Å²) in [5.74, 6) is -0.633. The Hall–Kier alpha value is -2.26. The van der Waals surface area contributed by atoms with Gasteiger partial charge in [0.2, 0.25) is 21.8 Å². The molecule has 1 saturated heterocycles. The van der Waals surface area contributed by atoms with E-state index in [0.717, 1.165) is 42.7 Å². The fourth-order valence-corrected chi connectivity index (χ4v) is 5.21. The van der Waals surface area contributed by atoms with E-state index in [1.807, 2.05) is 0 Å². The Morgan fingerprint density at radius 3 is 2.77 bits per heavy atom. The molecule has 1 aliphatic heterocycles. The van der Waals surface area contributed by atoms with Gasteiger partial charge in [0, 0.05) is 12.1 Å². The van der Waals surface area contributed by atoms with Crippen molar-refractivity contribution < 1.29 is 22.1 Å². The van der Waals surface area contributed by atoms with Crippen LogP contribution in [0.15, 0.2) is 33.7 Å². The molecule has 1 unspecified atom stereocenters. The number of hydrogen-bond donors (Lipinski definition) is 1. The van der Waals surface area contributed by atoms with Gasteiger partial charge in [-0.2, -0.15) is 4.31 Å². The number of amides is 1. The summed E-state index contributed by atoms with van der Waals surface area (Å²) < 4.78 is 45.1. The first kappa shape index (κ1) is 17.2. The van der Waals surface area contributed by atoms with Gasteiger partial charge in [0.25, 0.3) is 0 Å². The first-order valence-corrected chi connectivity index (χ1v) is 9.96. The maximum absolute atomic E-state index is 13.1. The lowest BCUT2D eigenvalue weighted by molar-refractivity contribution is -0.119. The largest absolute Gasteiger partial charge is 0.338 e. The van der Waals surface area contributed by atoms with Crippen LogP contribution in [0.25, 0.3) is 0 Å². The van der Waals surface area contributed by atoms with Crippen LogP contribution < -0.4 is 5.32 Å². The third-order valence-electron chi connectivity index (χ3n) is 4.87. The molecular weight excluding hydrogens is 361 g/mol. The minimum absolute atomic E-state index is 0.0286. The lowest BCUT2D eigenvalue weighted by Crippen LogP contribution is -2.43. The molecule has 1 aromatic heterocycles. The molecule has 2 aliphatic rings. The summed E-state index contributed by atoms with van der Waals surface area (Å²) in [6.07, 6.45) is 3.57. The average Bonchev–Trinajstić information content (AvgIpc) is 3.33. The van der Waals surface area contributed by atoms with Crippen molar-refractivity contribution in [3.8, 4) is 0 Å². The van der Waals surface area contributed by atoms with Crippen molar-refractivity contribution in [3.05, 3.63) is 41.3 Å². The number of benzene rings is 1. The number of nitrogens with zero attached hydrogens (tertiary/aromatic N) is 2. The summed E-state index contributed by atoms with van der Waals surface area (Å²) in [6, 6.07) is 3.78. The van der Waals surface area contributed by atoms with E-state index in [1.54, 1.807) is 0 Å². The second-order valence-corrected chi connectivity index (χ2v) is 8.40. The van der Waals surface area contributed by atoms with Crippen LogP contribution in [0.1, 0.15) is 30.5 Å². The normalized spacial score (nSPS) is 20.3. The number of anilines is 1. The van der Waals surface area contributed by atoms with Crippen molar-refractivity contribution in [1.82, 2.24) is 9.46 Å². The molecular formula is C17H18FN3O4S. The van der Waals surface area contributed by atoms with Gasteiger partial charge in [-0.1, -0.05) is 5.16 Å². The molecule has 1 atom stereocenters. The van der Waals surface area contributed by atoms with Gasteiger partial charge in [-0.05, 0) is 56.4 Å². The third-order valence-corrected chi connectivity index (χ3v) is 6.80. The van der Waals surface area contributed by atoms with E-state index in [1.165, 1.54) is 16.4 Å². The van der Waals surface area contributed by atoms with Gasteiger partial charge < -0.3 is 4.52 Å². The summed E-state index contributed by atoms with van der Waals surface area (Å²) in [7, 11) is -3.88. The van der Waals surface area contributed by atoms with Crippen molar-refractivity contribution in [2.45, 2.75) is 43.0 Å². The number of hydrogen-bond acceptors (Lipinski definition) is 5. The molecule has 0 saturated carbocycles. The van der Waals surface area contributed by atoms with E-state index in [2.05, 4.69) is 10.5 Å². The SMILES string of the molecule is O=C(Nc1onc2c1CCC2)C1CCCN1S(=O)(=O)c1ccc(F)cc1. The van der Waals surface area contributed by atoms with Crippen LogP contribution in [0.3, 0.4) is 0 Å². The van der Waals surface area contributed by atoms with Crippen molar-refractivity contribution >= 4 is 21.8 Å². The highest BCUT2D eigenvalue weighted by Gasteiger charge is 2.40. The van der Waals surface area contributed by atoms with Crippen LogP contribution in [0.4, 0.5) is 10.3 Å². The Bertz CT molecular complexity index is 939. The number of aromatic nitrogens is 1. The van der Waals surface area contributed by atoms with E-state index in [-0.39, 0.29) is 11.4 Å². The van der Waals surface area contributed by atoms with Crippen molar-refractivity contribution in [3.63, 3.8) is 0 Å². The fraction of sp³-hybridized carbons (Fsp3) is 0.412. The minimum Gasteiger partial charge on any atom is -0.338 e. The van der Waals surface area contributed by atoms with Gasteiger partial charge >= 0.3 is 0 Å². The Morgan fingerprint density at radius 1 is 1.23 bits per heavy atom. The van der Waals surface area contributed by atoms with Crippen LogP contribution >= 0.6 is 0 Å². The number of carbonyl (C=O) groups excluding carboxylic acids is 1. The molecule has 2 heterocycles. The quantitative estimate of drug-likeness (QED) is 0.878. The summed E-state index contributed by atoms with van der Waals surface area (Å²) in [5, 5.41) is 6.64. The highest BCUT2D eigenvalue weighted by Crippen LogP contribution is 2.31. The second kappa shape index (κ2) is 6.48. The topological polar surface area (TPSA) is 92.5 Å². The standard InChI is InChI=1S/C17H18FN3O4S/c18-11-6-8-12(9-7-11)26(23,24)21-10-2-5-15(21)16(22)19-17-13-3-1-4-14(13)20-25-17/h6-9,15H,1-5,10H2,(H,19,22). The smallest absolute Gasteiger partial charge is 0.245 e. The summed E-state index contributed by atoms with van der Waals surface area (Å²) in [6.45, 7) is 0.242. The lowest BCUT2D eigenvalue weighted by atomic mass is 10.2. The second-order valence-electron chi connectivity index (χ2n) is 6.51. The van der Waals surface area contributed by atoms with Gasteiger partial charge in [0.05, 0.1) is 10.6 Å². The van der Waals surface area contributed by atoms with Gasteiger partial charge in [0.15, 0.2) is 0 Å². The monoisotopic (exact) mass is 379 g/mol. The maximum atomic E-state index is 13.1. The highest BCUT2D eigenvalue weighted by molar-refractivity contribution is 7.89. The predicted octanol–water partition coefficient (Wildman–Crippen LogP) is 2.09. The number of sulfonamides is 1. The first-order valence-electron chi connectivity index (χ1n) is 8.52. The molecule has 0 spiro atoms. The Balaban J connectivity index is 1.56. The summed E-state index contributed by atoms with van der Waals surface area (Å²) in [4.78, 5) is 12.7. The molecule has 138 valence electrons. The molecule has 7 nitrogen and oxygen atoms in total. The van der Waals surface area contributed by atoms with Crippen molar-refractivity contribution in [2.24, 2.45) is 0 Å². The fourth-order valence-electron chi connectivity index (χ4n) is 3.55. The van der Waals surface area contributed by atoms with Crippen molar-refractivity contribution in [2.75, 3.05) is 11.9 Å². The van der Waals surface area contributed by atoms with E-state index >= 15 is 0 Å². The van der Waals surface area contributed by atoms with E-state index in [9.17, 15) is 17.6 Å². The van der Waals surface area contributed by atoms with Crippen LogP contribution in [-0.4, -0.2) is 36.4 Å². The molecule has 0 radical (unpaired) electrons. The van der Waals surface area contributed by atoms with Crippen LogP contribution in [0.2, 0.25) is 0 Å². The van der Waals surface area contributed by atoms with Gasteiger partial charge in [-0.15, -0.1) is 0 Å². The number of halogens is 1. The van der Waals surface area contributed by atoms with Gasteiger partial charge in [-0.3, -0.25) is 10.1 Å². The molecule has 4 rings (SSSR count). The zero-order chi connectivity index (χ0) is 18.3. The Kier molecular flexibility index (Phi) is 4.28. The summed E-state index contributed by atoms with van der Waals surface area (Å²) >= 11 is 0. The average molecular weight is 379 g/mol. The molecule has 1 amide bonds. The molecule has 1 N–H and O–H groups in total. The Labute approximate surface area is 150 Å². The summed E-state index contributed by atoms with van der Waals surface area (Å²) in [5.41, 5.74) is 1.74. The number of rotatable bonds is 4. The van der Waals surface area contributed by atoms with Crippen LogP contribution in [0.5, 0.6) is 0 Å². The lowest BCUT2D eigenvalue weighted by Gasteiger charge is -2.23. The number of aryl methyl sites for hydroxylation is 1. The maximum Gasteiger partial charge on any atom is 0.245 e. The number of nitrogens with one attached hydrogen (secondary N) is 1. The van der Waals surface area contributed by atoms with E-state index < -0.39 is 27.8 Å². The van der Waals surface area contributed by atoms with Gasteiger partial charge in [0.1, 0.15) is 11.9 Å². The van der Waals surface area contributed by atoms with Crippen LogP contribution in [0, 0.1) is 5.82 Å². The number of fused-ring (bicyclic) bond motifs is 1.